The minimum Gasteiger partial charge on any atom is -0.216 e. The van der Waals surface area contributed by atoms with E-state index in [1.807, 2.05) is 25.1 Å². The minimum atomic E-state index is -0.473. The first-order valence-corrected chi connectivity index (χ1v) is 6.39. The molecule has 20 heavy (non-hydrogen) atoms. The van der Waals surface area contributed by atoms with E-state index in [2.05, 4.69) is 21.1 Å². The first-order valence-electron chi connectivity index (χ1n) is 6.01. The van der Waals surface area contributed by atoms with Crippen molar-refractivity contribution in [1.82, 2.24) is 19.6 Å². The number of halogens is 1. The van der Waals surface area contributed by atoms with Gasteiger partial charge in [-0.2, -0.15) is 19.9 Å². The zero-order valence-electron chi connectivity index (χ0n) is 10.7. The van der Waals surface area contributed by atoms with Crippen LogP contribution in [-0.4, -0.2) is 19.6 Å². The van der Waals surface area contributed by atoms with Gasteiger partial charge in [-0.1, -0.05) is 23.7 Å². The number of nitrogens with zero attached hydrogens (tertiary/aromatic N) is 5. The number of nitriles is 1. The molecule has 0 saturated heterocycles. The van der Waals surface area contributed by atoms with Crippen LogP contribution < -0.4 is 0 Å². The first-order chi connectivity index (χ1) is 9.69. The van der Waals surface area contributed by atoms with Crippen LogP contribution in [0.3, 0.4) is 0 Å². The highest BCUT2D eigenvalue weighted by Crippen LogP contribution is 2.26. The Morgan fingerprint density at radius 1 is 1.35 bits per heavy atom. The third-order valence-corrected chi connectivity index (χ3v) is 3.25. The summed E-state index contributed by atoms with van der Waals surface area (Å²) in [6, 6.07) is 11.4. The topological polar surface area (TPSA) is 66.9 Å². The predicted molar refractivity (Wildman–Crippen MR) is 74.4 cm³/mol. The fraction of sp³-hybridized carbons (Fsp3) is 0.143. The van der Waals surface area contributed by atoms with Crippen LogP contribution in [0.5, 0.6) is 0 Å². The van der Waals surface area contributed by atoms with Gasteiger partial charge in [0.15, 0.2) is 0 Å². The predicted octanol–water partition coefficient (Wildman–Crippen LogP) is 2.74. The number of fused-ring (bicyclic) bond motifs is 1. The van der Waals surface area contributed by atoms with Crippen LogP contribution in [0.4, 0.5) is 0 Å². The summed E-state index contributed by atoms with van der Waals surface area (Å²) < 4.78 is 1.59. The van der Waals surface area contributed by atoms with Crippen molar-refractivity contribution in [1.29, 1.82) is 5.26 Å². The SMILES string of the molecule is Cc1cc([C@@H](C#N)c2cccc(Cl)c2)n2ncnc2n1. The van der Waals surface area contributed by atoms with E-state index in [0.29, 0.717) is 10.8 Å². The number of benzene rings is 1. The van der Waals surface area contributed by atoms with Gasteiger partial charge in [-0.25, -0.2) is 4.98 Å². The molecule has 0 aliphatic rings. The zero-order chi connectivity index (χ0) is 14.1. The van der Waals surface area contributed by atoms with Crippen molar-refractivity contribution in [3.05, 3.63) is 58.6 Å². The highest BCUT2D eigenvalue weighted by Gasteiger charge is 2.19. The van der Waals surface area contributed by atoms with Gasteiger partial charge >= 0.3 is 0 Å². The molecule has 0 saturated carbocycles. The Hall–Kier alpha value is -2.45. The molecule has 0 radical (unpaired) electrons. The highest BCUT2D eigenvalue weighted by atomic mass is 35.5. The summed E-state index contributed by atoms with van der Waals surface area (Å²) in [5.41, 5.74) is 2.35. The van der Waals surface area contributed by atoms with Crippen molar-refractivity contribution >= 4 is 17.4 Å². The van der Waals surface area contributed by atoms with Crippen LogP contribution in [0, 0.1) is 18.3 Å². The van der Waals surface area contributed by atoms with Crippen LogP contribution in [0.1, 0.15) is 22.9 Å². The van der Waals surface area contributed by atoms with E-state index in [0.717, 1.165) is 17.0 Å². The Morgan fingerprint density at radius 3 is 2.95 bits per heavy atom. The van der Waals surface area contributed by atoms with Crippen LogP contribution in [0.15, 0.2) is 36.7 Å². The summed E-state index contributed by atoms with van der Waals surface area (Å²) >= 11 is 6.01. The van der Waals surface area contributed by atoms with Crippen molar-refractivity contribution in [3.63, 3.8) is 0 Å². The average Bonchev–Trinajstić information content (AvgIpc) is 2.87. The third-order valence-electron chi connectivity index (χ3n) is 3.01. The number of hydrogen-bond donors (Lipinski definition) is 0. The van der Waals surface area contributed by atoms with Gasteiger partial charge < -0.3 is 0 Å². The van der Waals surface area contributed by atoms with E-state index < -0.39 is 5.92 Å². The molecule has 3 rings (SSSR count). The summed E-state index contributed by atoms with van der Waals surface area (Å²) in [4.78, 5) is 8.35. The standard InChI is InChI=1S/C14H10ClN5/c1-9-5-13(20-14(19-9)17-8-18-20)12(7-16)10-3-2-4-11(15)6-10/h2-6,8,12H,1H3/t12-/m0/s1. The van der Waals surface area contributed by atoms with Gasteiger partial charge in [0.1, 0.15) is 12.2 Å². The van der Waals surface area contributed by atoms with Crippen LogP contribution in [0.2, 0.25) is 5.02 Å². The molecule has 3 aromatic rings. The molecule has 0 fully saturated rings. The third kappa shape index (κ3) is 2.10. The summed E-state index contributed by atoms with van der Waals surface area (Å²) in [7, 11) is 0. The summed E-state index contributed by atoms with van der Waals surface area (Å²) in [5, 5.41) is 14.3. The molecular formula is C14H10ClN5. The number of aryl methyl sites for hydroxylation is 1. The van der Waals surface area contributed by atoms with Gasteiger partial charge in [-0.3, -0.25) is 0 Å². The molecule has 5 nitrogen and oxygen atoms in total. The molecule has 6 heteroatoms. The van der Waals surface area contributed by atoms with Gasteiger partial charge in [0, 0.05) is 10.7 Å². The largest absolute Gasteiger partial charge is 0.252 e. The first kappa shape index (κ1) is 12.6. The number of rotatable bonds is 2. The number of hydrogen-bond acceptors (Lipinski definition) is 4. The molecular weight excluding hydrogens is 274 g/mol. The van der Waals surface area contributed by atoms with Crippen molar-refractivity contribution in [2.24, 2.45) is 0 Å². The van der Waals surface area contributed by atoms with E-state index >= 15 is 0 Å². The average molecular weight is 284 g/mol. The second-order valence-corrected chi connectivity index (χ2v) is 4.85. The molecule has 0 N–H and O–H groups in total. The van der Waals surface area contributed by atoms with E-state index in [4.69, 9.17) is 11.6 Å². The number of aromatic nitrogens is 4. The van der Waals surface area contributed by atoms with Gasteiger partial charge in [-0.15, -0.1) is 0 Å². The van der Waals surface area contributed by atoms with E-state index in [1.54, 1.807) is 16.6 Å². The van der Waals surface area contributed by atoms with Crippen molar-refractivity contribution in [2.45, 2.75) is 12.8 Å². The molecule has 98 valence electrons. The fourth-order valence-electron chi connectivity index (χ4n) is 2.16. The second-order valence-electron chi connectivity index (χ2n) is 4.41. The quantitative estimate of drug-likeness (QED) is 0.725. The molecule has 0 aliphatic heterocycles. The molecule has 0 spiro atoms. The summed E-state index contributed by atoms with van der Waals surface area (Å²) in [5.74, 6) is 0.0156. The normalized spacial score (nSPS) is 12.2. The Bertz CT molecular complexity index is 818. The molecule has 0 unspecified atom stereocenters. The maximum Gasteiger partial charge on any atom is 0.252 e. The Kier molecular flexibility index (Phi) is 3.09. The molecule has 0 aliphatic carbocycles. The van der Waals surface area contributed by atoms with Crippen molar-refractivity contribution in [3.8, 4) is 6.07 Å². The Balaban J connectivity index is 2.22. The lowest BCUT2D eigenvalue weighted by molar-refractivity contribution is 0.818. The monoisotopic (exact) mass is 283 g/mol. The van der Waals surface area contributed by atoms with Crippen molar-refractivity contribution < 1.29 is 0 Å². The Morgan fingerprint density at radius 2 is 2.20 bits per heavy atom. The van der Waals surface area contributed by atoms with E-state index in [-0.39, 0.29) is 0 Å². The molecule has 1 aromatic carbocycles. The Labute approximate surface area is 120 Å². The van der Waals surface area contributed by atoms with Crippen LogP contribution in [-0.2, 0) is 0 Å². The van der Waals surface area contributed by atoms with E-state index in [9.17, 15) is 5.26 Å². The van der Waals surface area contributed by atoms with Crippen LogP contribution >= 0.6 is 11.6 Å². The minimum absolute atomic E-state index is 0.473. The fourth-order valence-corrected chi connectivity index (χ4v) is 2.36. The lowest BCUT2D eigenvalue weighted by Crippen LogP contribution is -2.08. The van der Waals surface area contributed by atoms with Gasteiger partial charge in [-0.05, 0) is 30.7 Å². The summed E-state index contributed by atoms with van der Waals surface area (Å²) in [6.45, 7) is 1.87. The molecule has 2 aromatic heterocycles. The lowest BCUT2D eigenvalue weighted by atomic mass is 9.96. The molecule has 0 amide bonds. The molecule has 0 bridgehead atoms. The second kappa shape index (κ2) is 4.91. The van der Waals surface area contributed by atoms with Crippen molar-refractivity contribution in [2.75, 3.05) is 0 Å². The van der Waals surface area contributed by atoms with E-state index in [1.165, 1.54) is 6.33 Å². The molecule has 2 heterocycles. The van der Waals surface area contributed by atoms with Crippen LogP contribution in [0.25, 0.3) is 5.78 Å². The van der Waals surface area contributed by atoms with Gasteiger partial charge in [0.2, 0.25) is 0 Å². The smallest absolute Gasteiger partial charge is 0.216 e. The van der Waals surface area contributed by atoms with Gasteiger partial charge in [0.25, 0.3) is 5.78 Å². The highest BCUT2D eigenvalue weighted by molar-refractivity contribution is 6.30. The lowest BCUT2D eigenvalue weighted by Gasteiger charge is -2.12. The maximum atomic E-state index is 9.54. The zero-order valence-corrected chi connectivity index (χ0v) is 11.4. The van der Waals surface area contributed by atoms with Gasteiger partial charge in [0.05, 0.1) is 11.8 Å². The molecule has 1 atom stereocenters. The maximum absolute atomic E-state index is 9.54. The summed E-state index contributed by atoms with van der Waals surface area (Å²) in [6.07, 6.45) is 1.43.